The number of benzene rings is 2. The molecule has 5 nitrogen and oxygen atoms in total. The number of nitrogens with zero attached hydrogens (tertiary/aromatic N) is 1. The van der Waals surface area contributed by atoms with E-state index in [0.717, 1.165) is 22.4 Å². The maximum Gasteiger partial charge on any atom is 0.283 e. The number of hydrogen-bond acceptors (Lipinski definition) is 5. The van der Waals surface area contributed by atoms with Crippen LogP contribution in [0.1, 0.15) is 43.9 Å². The fourth-order valence-corrected chi connectivity index (χ4v) is 4.68. The molecule has 1 saturated heterocycles. The summed E-state index contributed by atoms with van der Waals surface area (Å²) in [5.41, 5.74) is 3.36. The topological polar surface area (TPSA) is 61.6 Å². The van der Waals surface area contributed by atoms with Gasteiger partial charge in [0.2, 0.25) is 0 Å². The van der Waals surface area contributed by atoms with Gasteiger partial charge in [0, 0.05) is 22.9 Å². The molecule has 0 saturated carbocycles. The van der Waals surface area contributed by atoms with Crippen molar-refractivity contribution in [1.29, 1.82) is 0 Å². The largest absolute Gasteiger partial charge is 0.343 e. The fraction of sp³-hybridized carbons (Fsp3) is 0.429. The number of nitro benzene ring substituents is 1. The van der Waals surface area contributed by atoms with Crippen molar-refractivity contribution in [3.8, 4) is 0 Å². The van der Waals surface area contributed by atoms with E-state index in [1.165, 1.54) is 17.3 Å². The summed E-state index contributed by atoms with van der Waals surface area (Å²) in [5.74, 6) is -0.712. The molecule has 2 aromatic rings. The molecule has 1 fully saturated rings. The van der Waals surface area contributed by atoms with E-state index in [2.05, 4.69) is 32.9 Å². The van der Waals surface area contributed by atoms with E-state index in [4.69, 9.17) is 9.47 Å². The third-order valence-corrected chi connectivity index (χ3v) is 6.27. The highest BCUT2D eigenvalue weighted by atomic mass is 32.2. The normalized spacial score (nSPS) is 18.0. The first-order chi connectivity index (χ1) is 12.8. The molecule has 2 aliphatic rings. The summed E-state index contributed by atoms with van der Waals surface area (Å²) in [7, 11) is 0. The highest BCUT2D eigenvalue weighted by Gasteiger charge is 2.45. The monoisotopic (exact) mass is 385 g/mol. The molecule has 1 spiro atoms. The molecule has 1 heterocycles. The van der Waals surface area contributed by atoms with E-state index in [0.29, 0.717) is 24.5 Å². The van der Waals surface area contributed by atoms with Gasteiger partial charge >= 0.3 is 0 Å². The van der Waals surface area contributed by atoms with Crippen LogP contribution < -0.4 is 0 Å². The highest BCUT2D eigenvalue weighted by Crippen LogP contribution is 2.48. The van der Waals surface area contributed by atoms with Crippen molar-refractivity contribution in [2.75, 3.05) is 13.2 Å². The third kappa shape index (κ3) is 3.37. The Kier molecular flexibility index (Phi) is 4.53. The number of fused-ring (bicyclic) bond motifs is 2. The lowest BCUT2D eigenvalue weighted by molar-refractivity contribution is -0.387. The lowest BCUT2D eigenvalue weighted by atomic mass is 9.87. The van der Waals surface area contributed by atoms with Gasteiger partial charge in [0.15, 0.2) is 5.79 Å². The van der Waals surface area contributed by atoms with Gasteiger partial charge in [-0.1, -0.05) is 44.7 Å². The second-order valence-electron chi connectivity index (χ2n) is 8.06. The Hall–Kier alpha value is -1.89. The van der Waals surface area contributed by atoms with Crippen LogP contribution in [0.2, 0.25) is 0 Å². The molecule has 0 amide bonds. The molecular weight excluding hydrogens is 362 g/mol. The van der Waals surface area contributed by atoms with Crippen LogP contribution in [0, 0.1) is 10.1 Å². The maximum atomic E-state index is 11.6. The van der Waals surface area contributed by atoms with Gasteiger partial charge in [-0.05, 0) is 41.2 Å². The Morgan fingerprint density at radius 1 is 1.11 bits per heavy atom. The summed E-state index contributed by atoms with van der Waals surface area (Å²) >= 11 is 1.42. The van der Waals surface area contributed by atoms with Crippen LogP contribution in [0.4, 0.5) is 5.69 Å². The Morgan fingerprint density at radius 3 is 2.37 bits per heavy atom. The zero-order valence-electron chi connectivity index (χ0n) is 15.8. The molecule has 142 valence electrons. The average molecular weight is 385 g/mol. The number of hydrogen-bond donors (Lipinski definition) is 0. The second kappa shape index (κ2) is 6.62. The predicted molar refractivity (Wildman–Crippen MR) is 104 cm³/mol. The van der Waals surface area contributed by atoms with Crippen LogP contribution in [-0.4, -0.2) is 18.1 Å². The summed E-state index contributed by atoms with van der Waals surface area (Å²) in [4.78, 5) is 12.9. The molecule has 0 unspecified atom stereocenters. The van der Waals surface area contributed by atoms with Gasteiger partial charge in [-0.3, -0.25) is 10.1 Å². The average Bonchev–Trinajstić information content (AvgIpc) is 3.22. The number of rotatable bonds is 3. The highest BCUT2D eigenvalue weighted by molar-refractivity contribution is 7.99. The standard InChI is InChI=1S/C21H23NO4S/c1-20(2,3)15-4-6-16(7-5-15)27-19-13-17-14(12-18(19)22(23)24)8-9-21(17)25-10-11-26-21/h4-7,12-13H,8-11H2,1-3H3. The summed E-state index contributed by atoms with van der Waals surface area (Å²) in [6.45, 7) is 7.63. The molecule has 0 radical (unpaired) electrons. The molecular formula is C21H23NO4S. The van der Waals surface area contributed by atoms with Gasteiger partial charge in [0.1, 0.15) is 0 Å². The molecule has 0 bridgehead atoms. The molecule has 6 heteroatoms. The summed E-state index contributed by atoms with van der Waals surface area (Å²) in [5, 5.41) is 11.6. The van der Waals surface area contributed by atoms with E-state index in [9.17, 15) is 10.1 Å². The molecule has 1 aliphatic carbocycles. The molecule has 2 aromatic carbocycles. The zero-order valence-corrected chi connectivity index (χ0v) is 16.6. The molecule has 0 N–H and O–H groups in total. The van der Waals surface area contributed by atoms with E-state index in [-0.39, 0.29) is 16.0 Å². The van der Waals surface area contributed by atoms with E-state index in [1.807, 2.05) is 18.2 Å². The Balaban J connectivity index is 1.70. The summed E-state index contributed by atoms with van der Waals surface area (Å²) in [6, 6.07) is 11.8. The lowest BCUT2D eigenvalue weighted by Gasteiger charge is -2.23. The first kappa shape index (κ1) is 18.5. The molecule has 0 atom stereocenters. The second-order valence-corrected chi connectivity index (χ2v) is 9.18. The van der Waals surface area contributed by atoms with Crippen molar-refractivity contribution >= 4 is 17.4 Å². The smallest absolute Gasteiger partial charge is 0.283 e. The van der Waals surface area contributed by atoms with Crippen LogP contribution >= 0.6 is 11.8 Å². The maximum absolute atomic E-state index is 11.6. The Morgan fingerprint density at radius 2 is 1.78 bits per heavy atom. The van der Waals surface area contributed by atoms with E-state index >= 15 is 0 Å². The summed E-state index contributed by atoms with van der Waals surface area (Å²) < 4.78 is 11.8. The quantitative estimate of drug-likeness (QED) is 0.537. The predicted octanol–water partition coefficient (Wildman–Crippen LogP) is 5.19. The van der Waals surface area contributed by atoms with Crippen LogP contribution in [0.15, 0.2) is 46.2 Å². The van der Waals surface area contributed by atoms with Crippen molar-refractivity contribution in [1.82, 2.24) is 0 Å². The van der Waals surface area contributed by atoms with Crippen molar-refractivity contribution in [3.63, 3.8) is 0 Å². The van der Waals surface area contributed by atoms with Gasteiger partial charge in [-0.25, -0.2) is 0 Å². The first-order valence-electron chi connectivity index (χ1n) is 9.17. The Bertz CT molecular complexity index is 880. The van der Waals surface area contributed by atoms with E-state index in [1.54, 1.807) is 6.07 Å². The van der Waals surface area contributed by atoms with Gasteiger partial charge in [-0.15, -0.1) is 0 Å². The van der Waals surface area contributed by atoms with Crippen LogP contribution in [0.25, 0.3) is 0 Å². The molecule has 27 heavy (non-hydrogen) atoms. The number of nitro groups is 1. The minimum atomic E-state index is -0.712. The van der Waals surface area contributed by atoms with Crippen LogP contribution in [0.3, 0.4) is 0 Å². The van der Waals surface area contributed by atoms with Gasteiger partial charge in [0.05, 0.1) is 23.0 Å². The minimum absolute atomic E-state index is 0.0757. The zero-order chi connectivity index (χ0) is 19.2. The minimum Gasteiger partial charge on any atom is -0.343 e. The Labute approximate surface area is 163 Å². The van der Waals surface area contributed by atoms with Crippen molar-refractivity contribution in [2.45, 2.75) is 54.6 Å². The lowest BCUT2D eigenvalue weighted by Crippen LogP contribution is -2.23. The number of ether oxygens (including phenoxy) is 2. The van der Waals surface area contributed by atoms with Crippen LogP contribution in [-0.2, 0) is 27.1 Å². The van der Waals surface area contributed by atoms with Crippen molar-refractivity contribution in [3.05, 3.63) is 63.2 Å². The van der Waals surface area contributed by atoms with Gasteiger partial charge in [-0.2, -0.15) is 0 Å². The SMILES string of the molecule is CC(C)(C)c1ccc(Sc2cc3c(cc2[N+](=O)[O-])CCC32OCCO2)cc1. The van der Waals surface area contributed by atoms with Gasteiger partial charge < -0.3 is 9.47 Å². The van der Waals surface area contributed by atoms with Gasteiger partial charge in [0.25, 0.3) is 5.69 Å². The third-order valence-electron chi connectivity index (χ3n) is 5.22. The number of aryl methyl sites for hydroxylation is 1. The molecule has 0 aromatic heterocycles. The van der Waals surface area contributed by atoms with Crippen LogP contribution in [0.5, 0.6) is 0 Å². The summed E-state index contributed by atoms with van der Waals surface area (Å²) in [6.07, 6.45) is 1.45. The molecule has 1 aliphatic heterocycles. The van der Waals surface area contributed by atoms with Crippen molar-refractivity contribution in [2.24, 2.45) is 0 Å². The van der Waals surface area contributed by atoms with Crippen molar-refractivity contribution < 1.29 is 14.4 Å². The first-order valence-corrected chi connectivity index (χ1v) is 9.98. The molecule has 4 rings (SSSR count). The fourth-order valence-electron chi connectivity index (χ4n) is 3.74. The van der Waals surface area contributed by atoms with E-state index < -0.39 is 5.79 Å².